The van der Waals surface area contributed by atoms with Crippen LogP contribution in [0.5, 0.6) is 0 Å². The Labute approximate surface area is 234 Å². The maximum Gasteiger partial charge on any atom is 0.252 e. The lowest BCUT2D eigenvalue weighted by molar-refractivity contribution is -0.0468. The van der Waals surface area contributed by atoms with Crippen molar-refractivity contribution in [1.82, 2.24) is 25.0 Å². The van der Waals surface area contributed by atoms with E-state index in [1.807, 2.05) is 44.6 Å². The van der Waals surface area contributed by atoms with Gasteiger partial charge in [0.2, 0.25) is 0 Å². The van der Waals surface area contributed by atoms with E-state index in [4.69, 9.17) is 9.72 Å². The molecule has 2 aliphatic heterocycles. The number of hydrogen-bond donors (Lipinski definition) is 1. The Morgan fingerprint density at radius 1 is 1.07 bits per heavy atom. The number of rotatable bonds is 7. The maximum atomic E-state index is 13.9. The number of pyridine rings is 1. The summed E-state index contributed by atoms with van der Waals surface area (Å²) in [6.45, 7) is 9.00. The van der Waals surface area contributed by atoms with E-state index in [0.29, 0.717) is 5.92 Å². The molecule has 0 bridgehead atoms. The van der Waals surface area contributed by atoms with Crippen LogP contribution in [0.3, 0.4) is 0 Å². The second kappa shape index (κ2) is 10.0. The second-order valence-electron chi connectivity index (χ2n) is 11.7. The third-order valence-electron chi connectivity index (χ3n) is 8.76. The highest BCUT2D eigenvalue weighted by Crippen LogP contribution is 2.49. The molecule has 0 spiro atoms. The number of para-hydroxylation sites is 1. The molecular formula is C32H36N6O2. The number of nitrogens with zero attached hydrogens (tertiary/aromatic N) is 5. The number of amides is 1. The minimum absolute atomic E-state index is 0.00992. The third-order valence-corrected chi connectivity index (χ3v) is 8.76. The first kappa shape index (κ1) is 25.2. The van der Waals surface area contributed by atoms with Gasteiger partial charge < -0.3 is 15.0 Å². The highest BCUT2D eigenvalue weighted by atomic mass is 16.5. The molecule has 1 saturated carbocycles. The van der Waals surface area contributed by atoms with Gasteiger partial charge in [-0.25, -0.2) is 4.98 Å². The summed E-state index contributed by atoms with van der Waals surface area (Å²) in [7, 11) is 1.91. The molecule has 8 nitrogen and oxygen atoms in total. The summed E-state index contributed by atoms with van der Waals surface area (Å²) in [6, 6.07) is 16.7. The van der Waals surface area contributed by atoms with Crippen molar-refractivity contribution in [3.63, 3.8) is 0 Å². The fraction of sp³-hybridized carbons (Fsp3) is 0.406. The predicted molar refractivity (Wildman–Crippen MR) is 156 cm³/mol. The maximum absolute atomic E-state index is 13.9. The summed E-state index contributed by atoms with van der Waals surface area (Å²) in [5.74, 6) is 0.679. The largest absolute Gasteiger partial charge is 0.381 e. The Balaban J connectivity index is 1.13. The normalized spacial score (nSPS) is 19.0. The van der Waals surface area contributed by atoms with Gasteiger partial charge >= 0.3 is 0 Å². The van der Waals surface area contributed by atoms with Gasteiger partial charge in [-0.1, -0.05) is 24.3 Å². The van der Waals surface area contributed by atoms with Crippen molar-refractivity contribution < 1.29 is 9.53 Å². The lowest BCUT2D eigenvalue weighted by atomic mass is 9.96. The molecule has 0 unspecified atom stereocenters. The van der Waals surface area contributed by atoms with Crippen LogP contribution in [0.1, 0.15) is 34.3 Å². The molecule has 2 aromatic carbocycles. The monoisotopic (exact) mass is 536 g/mol. The van der Waals surface area contributed by atoms with Gasteiger partial charge in [-0.15, -0.1) is 0 Å². The summed E-state index contributed by atoms with van der Waals surface area (Å²) in [6.07, 6.45) is 5.64. The lowest BCUT2D eigenvalue weighted by Gasteiger charge is -2.39. The highest BCUT2D eigenvalue weighted by molar-refractivity contribution is 5.98. The molecule has 1 aliphatic carbocycles. The summed E-state index contributed by atoms with van der Waals surface area (Å²) in [5, 5.41) is 8.89. The van der Waals surface area contributed by atoms with Gasteiger partial charge in [0.15, 0.2) is 0 Å². The van der Waals surface area contributed by atoms with Crippen molar-refractivity contribution in [2.45, 2.75) is 25.3 Å². The van der Waals surface area contributed by atoms with E-state index in [0.717, 1.165) is 103 Å². The molecule has 2 aromatic heterocycles. The van der Waals surface area contributed by atoms with Crippen LogP contribution in [0.4, 0.5) is 5.69 Å². The molecule has 40 heavy (non-hydrogen) atoms. The van der Waals surface area contributed by atoms with Gasteiger partial charge in [-0.05, 0) is 55.2 Å². The van der Waals surface area contributed by atoms with E-state index in [9.17, 15) is 4.79 Å². The lowest BCUT2D eigenvalue weighted by Crippen LogP contribution is -2.50. The number of hydrogen-bond acceptors (Lipinski definition) is 6. The van der Waals surface area contributed by atoms with Crippen LogP contribution < -0.4 is 10.2 Å². The van der Waals surface area contributed by atoms with Crippen molar-refractivity contribution in [1.29, 1.82) is 0 Å². The second-order valence-corrected chi connectivity index (χ2v) is 11.7. The fourth-order valence-electron chi connectivity index (χ4n) is 6.14. The Kier molecular flexibility index (Phi) is 6.32. The Hall–Kier alpha value is -3.75. The van der Waals surface area contributed by atoms with Crippen molar-refractivity contribution in [2.24, 2.45) is 13.0 Å². The van der Waals surface area contributed by atoms with Crippen LogP contribution >= 0.6 is 0 Å². The molecule has 1 N–H and O–H groups in total. The van der Waals surface area contributed by atoms with E-state index in [2.05, 4.69) is 50.5 Å². The number of piperazine rings is 1. The van der Waals surface area contributed by atoms with Crippen LogP contribution in [0.2, 0.25) is 0 Å². The van der Waals surface area contributed by atoms with Crippen molar-refractivity contribution in [2.75, 3.05) is 50.8 Å². The van der Waals surface area contributed by atoms with E-state index >= 15 is 0 Å². The average Bonchev–Trinajstić information content (AvgIpc) is 3.60. The van der Waals surface area contributed by atoms with E-state index < -0.39 is 5.54 Å². The van der Waals surface area contributed by atoms with Gasteiger partial charge in [0.25, 0.3) is 5.91 Å². The highest BCUT2D eigenvalue weighted by Gasteiger charge is 2.47. The minimum Gasteiger partial charge on any atom is -0.381 e. The Morgan fingerprint density at radius 2 is 1.88 bits per heavy atom. The first-order valence-corrected chi connectivity index (χ1v) is 14.3. The van der Waals surface area contributed by atoms with Gasteiger partial charge in [-0.2, -0.15) is 5.10 Å². The van der Waals surface area contributed by atoms with Crippen LogP contribution in [0.15, 0.2) is 60.9 Å². The first-order valence-electron chi connectivity index (χ1n) is 14.3. The van der Waals surface area contributed by atoms with Crippen molar-refractivity contribution >= 4 is 22.5 Å². The molecule has 7 rings (SSSR count). The Bertz CT molecular complexity index is 1560. The van der Waals surface area contributed by atoms with Crippen LogP contribution in [0.25, 0.3) is 22.2 Å². The van der Waals surface area contributed by atoms with Gasteiger partial charge in [0.1, 0.15) is 0 Å². The number of carbonyl (C=O) groups excluding carboxylic acids is 1. The van der Waals surface area contributed by atoms with E-state index in [-0.39, 0.29) is 5.91 Å². The summed E-state index contributed by atoms with van der Waals surface area (Å²) in [4.78, 5) is 23.7. The molecular weight excluding hydrogens is 500 g/mol. The number of ether oxygens (including phenoxy) is 1. The molecule has 3 fully saturated rings. The molecule has 0 atom stereocenters. The number of fused-ring (bicyclic) bond motifs is 1. The number of anilines is 1. The first-order chi connectivity index (χ1) is 19.5. The number of carbonyl (C=O) groups is 1. The molecule has 8 heteroatoms. The number of aromatic nitrogens is 3. The number of nitrogens with one attached hydrogen (secondary N) is 1. The zero-order valence-electron chi connectivity index (χ0n) is 23.3. The van der Waals surface area contributed by atoms with Crippen molar-refractivity contribution in [3.05, 3.63) is 77.6 Å². The summed E-state index contributed by atoms with van der Waals surface area (Å²) in [5.41, 5.74) is 6.40. The summed E-state index contributed by atoms with van der Waals surface area (Å²) < 4.78 is 7.14. The number of benzene rings is 2. The third kappa shape index (κ3) is 4.75. The number of aryl methyl sites for hydroxylation is 2. The molecule has 4 heterocycles. The average molecular weight is 537 g/mol. The fourth-order valence-corrected chi connectivity index (χ4v) is 6.14. The Morgan fingerprint density at radius 3 is 2.58 bits per heavy atom. The van der Waals surface area contributed by atoms with Crippen LogP contribution in [0, 0.1) is 12.8 Å². The van der Waals surface area contributed by atoms with E-state index in [1.54, 1.807) is 4.68 Å². The molecule has 206 valence electrons. The zero-order chi connectivity index (χ0) is 27.3. The molecule has 4 aromatic rings. The predicted octanol–water partition coefficient (Wildman–Crippen LogP) is 4.13. The molecule has 3 aliphatic rings. The molecule has 0 radical (unpaired) electrons. The minimum atomic E-state index is -0.393. The smallest absolute Gasteiger partial charge is 0.252 e. The van der Waals surface area contributed by atoms with Gasteiger partial charge in [0.05, 0.1) is 36.2 Å². The van der Waals surface area contributed by atoms with Crippen LogP contribution in [-0.4, -0.2) is 71.5 Å². The van der Waals surface area contributed by atoms with E-state index in [1.165, 1.54) is 0 Å². The topological polar surface area (TPSA) is 75.5 Å². The zero-order valence-corrected chi connectivity index (χ0v) is 23.3. The molecule has 1 amide bonds. The SMILES string of the molecule is Cc1ccc(N2CCN(CC3COC3)CC2)cc1C(=O)NC1(c2cc(-c3cnn(C)c3)nc3ccccc23)CC1. The van der Waals surface area contributed by atoms with Gasteiger partial charge in [-0.3, -0.25) is 14.4 Å². The quantitative estimate of drug-likeness (QED) is 0.383. The molecule has 2 saturated heterocycles. The standard InChI is InChI=1S/C32H36N6O2/c1-22-7-8-25(38-13-11-37(12-14-38)18-23-20-40-21-23)15-27(22)31(39)35-32(9-10-32)28-16-30(24-17-33-36(2)19-24)34-29-6-4-3-5-26(28)29/h3-8,15-17,19,23H,9-14,18,20-21H2,1-2H3,(H,35,39). The van der Waals surface area contributed by atoms with Crippen LogP contribution in [-0.2, 0) is 17.3 Å². The van der Waals surface area contributed by atoms with Gasteiger partial charge in [0, 0.05) is 74.1 Å². The van der Waals surface area contributed by atoms with Crippen molar-refractivity contribution in [3.8, 4) is 11.3 Å². The summed E-state index contributed by atoms with van der Waals surface area (Å²) >= 11 is 0.